The highest BCUT2D eigenvalue weighted by molar-refractivity contribution is 7.99. The molecule has 3 rings (SSSR count). The first-order valence-electron chi connectivity index (χ1n) is 12.2. The van der Waals surface area contributed by atoms with Crippen LogP contribution in [0.4, 0.5) is 23.2 Å². The largest absolute Gasteiger partial charge is 0.632 e. The average Bonchev–Trinajstić information content (AvgIpc) is 2.96. The van der Waals surface area contributed by atoms with Gasteiger partial charge in [0.1, 0.15) is 5.82 Å². The van der Waals surface area contributed by atoms with E-state index in [9.17, 15) is 28.0 Å². The van der Waals surface area contributed by atoms with Gasteiger partial charge in [-0.15, -0.1) is 11.8 Å². The number of carbonyl (C=O) groups is 2. The fourth-order valence-corrected chi connectivity index (χ4v) is 5.04. The summed E-state index contributed by atoms with van der Waals surface area (Å²) in [5.74, 6) is -2.30. The van der Waals surface area contributed by atoms with E-state index in [0.29, 0.717) is 15.5 Å². The van der Waals surface area contributed by atoms with Gasteiger partial charge in [-0.3, -0.25) is 9.59 Å². The Balaban J connectivity index is 1.92. The van der Waals surface area contributed by atoms with E-state index in [0.717, 1.165) is 17.8 Å². The van der Waals surface area contributed by atoms with Crippen LogP contribution in [0.3, 0.4) is 0 Å². The summed E-state index contributed by atoms with van der Waals surface area (Å²) < 4.78 is 57.8. The third-order valence-electron chi connectivity index (χ3n) is 5.77. The third kappa shape index (κ3) is 9.07. The summed E-state index contributed by atoms with van der Waals surface area (Å²) in [5, 5.41) is 15.4. The summed E-state index contributed by atoms with van der Waals surface area (Å²) in [6.45, 7) is 4.76. The van der Waals surface area contributed by atoms with Crippen LogP contribution in [0.1, 0.15) is 49.5 Å². The molecule has 0 saturated carbocycles. The van der Waals surface area contributed by atoms with Crippen molar-refractivity contribution in [3.05, 3.63) is 63.6 Å². The van der Waals surface area contributed by atoms with Gasteiger partial charge in [-0.1, -0.05) is 23.7 Å². The van der Waals surface area contributed by atoms with Gasteiger partial charge in [0.15, 0.2) is 12.8 Å². The number of anilines is 1. The van der Waals surface area contributed by atoms with E-state index in [1.807, 2.05) is 0 Å². The van der Waals surface area contributed by atoms with E-state index < -0.39 is 52.5 Å². The number of quaternary nitrogens is 1. The zero-order valence-corrected chi connectivity index (χ0v) is 23.2. The monoisotopic (exact) mass is 591 g/mol. The standard InChI is InChI=1S/C26H30ClF4N3O4S/c1-25(2,3)38-15-34(37)21-14-39-22-12-19(28)18(23(35)32-10-4-9-26(29,30)31)11-20(22)33(24(21)36)13-16-5-7-17(27)8-6-16/h5-8,11-12,21,34H,4,9-10,13-15H2,1-3H3,(H,32,35)/t21-/m0/s1. The maximum absolute atomic E-state index is 15.0. The topological polar surface area (TPSA) is 86.1 Å². The lowest BCUT2D eigenvalue weighted by molar-refractivity contribution is -0.885. The molecule has 2 atom stereocenters. The summed E-state index contributed by atoms with van der Waals surface area (Å²) in [4.78, 5) is 28.1. The Bertz CT molecular complexity index is 1180. The molecule has 0 aliphatic carbocycles. The average molecular weight is 592 g/mol. The molecule has 1 aliphatic heterocycles. The van der Waals surface area contributed by atoms with E-state index in [1.54, 1.807) is 45.0 Å². The molecule has 1 unspecified atom stereocenters. The van der Waals surface area contributed by atoms with Crippen molar-refractivity contribution in [2.24, 2.45) is 0 Å². The second-order valence-electron chi connectivity index (χ2n) is 10.1. The van der Waals surface area contributed by atoms with Gasteiger partial charge in [0.2, 0.25) is 0 Å². The fraction of sp³-hybridized carbons (Fsp3) is 0.462. The lowest BCUT2D eigenvalue weighted by atomic mass is 10.1. The van der Waals surface area contributed by atoms with E-state index in [2.05, 4.69) is 5.32 Å². The number of hydrogen-bond donors (Lipinski definition) is 2. The summed E-state index contributed by atoms with van der Waals surface area (Å²) in [6.07, 6.45) is -5.82. The quantitative estimate of drug-likeness (QED) is 0.191. The molecule has 0 saturated heterocycles. The van der Waals surface area contributed by atoms with Crippen molar-refractivity contribution in [1.29, 1.82) is 0 Å². The predicted octanol–water partition coefficient (Wildman–Crippen LogP) is 4.71. The number of thioether (sulfide) groups is 1. The number of fused-ring (bicyclic) bond motifs is 1. The smallest absolute Gasteiger partial charge is 0.389 e. The molecular formula is C26H30ClF4N3O4S. The number of halogens is 5. The van der Waals surface area contributed by atoms with Gasteiger partial charge in [-0.05, 0) is 57.0 Å². The van der Waals surface area contributed by atoms with Crippen molar-refractivity contribution in [3.63, 3.8) is 0 Å². The van der Waals surface area contributed by atoms with Crippen LogP contribution in [0.15, 0.2) is 41.3 Å². The van der Waals surface area contributed by atoms with Gasteiger partial charge in [0.05, 0.1) is 29.1 Å². The maximum Gasteiger partial charge on any atom is 0.389 e. The molecule has 0 aromatic heterocycles. The summed E-state index contributed by atoms with van der Waals surface area (Å²) >= 11 is 7.09. The molecule has 1 aliphatic rings. The van der Waals surface area contributed by atoms with Gasteiger partial charge in [-0.2, -0.15) is 13.2 Å². The number of carbonyl (C=O) groups excluding carboxylic acids is 2. The minimum absolute atomic E-state index is 0.00570. The van der Waals surface area contributed by atoms with Crippen molar-refractivity contribution in [2.75, 3.05) is 23.9 Å². The number of rotatable bonds is 9. The molecule has 13 heteroatoms. The SMILES string of the molecule is CC(C)(C)OC[NH+]([O-])[C@H]1CSc2cc(F)c(C(=O)NCCCC(F)(F)F)cc2N(Cc2ccc(Cl)cc2)C1=O. The van der Waals surface area contributed by atoms with Gasteiger partial charge >= 0.3 is 6.18 Å². The van der Waals surface area contributed by atoms with Crippen LogP contribution in [0.2, 0.25) is 5.02 Å². The molecule has 0 bridgehead atoms. The second-order valence-corrected chi connectivity index (χ2v) is 11.6. The molecule has 2 aromatic carbocycles. The van der Waals surface area contributed by atoms with E-state index in [1.165, 1.54) is 11.0 Å². The number of nitrogens with zero attached hydrogens (tertiary/aromatic N) is 1. The van der Waals surface area contributed by atoms with Crippen molar-refractivity contribution >= 4 is 40.9 Å². The predicted molar refractivity (Wildman–Crippen MR) is 141 cm³/mol. The Labute approximate surface area is 233 Å². The summed E-state index contributed by atoms with van der Waals surface area (Å²) in [6, 6.07) is 7.89. The zero-order chi connectivity index (χ0) is 29.0. The second kappa shape index (κ2) is 12.9. The van der Waals surface area contributed by atoms with Gasteiger partial charge in [0.25, 0.3) is 11.8 Å². The normalized spacial score (nSPS) is 17.0. The Morgan fingerprint density at radius 2 is 1.90 bits per heavy atom. The Morgan fingerprint density at radius 1 is 1.23 bits per heavy atom. The molecule has 1 heterocycles. The number of nitrogens with one attached hydrogen (secondary N) is 2. The molecular weight excluding hydrogens is 562 g/mol. The van der Waals surface area contributed by atoms with Crippen molar-refractivity contribution in [1.82, 2.24) is 5.32 Å². The highest BCUT2D eigenvalue weighted by atomic mass is 35.5. The number of amides is 2. The van der Waals surface area contributed by atoms with Crippen LogP contribution in [-0.4, -0.2) is 48.7 Å². The first-order valence-corrected chi connectivity index (χ1v) is 13.5. The Kier molecular flexibility index (Phi) is 10.3. The molecule has 2 N–H and O–H groups in total. The Hall–Kier alpha value is -2.38. The number of benzene rings is 2. The van der Waals surface area contributed by atoms with Crippen LogP contribution in [0.5, 0.6) is 0 Å². The number of alkyl halides is 3. The summed E-state index contributed by atoms with van der Waals surface area (Å²) in [7, 11) is 0. The molecule has 0 radical (unpaired) electrons. The molecule has 7 nitrogen and oxygen atoms in total. The van der Waals surface area contributed by atoms with Crippen LogP contribution >= 0.6 is 23.4 Å². The van der Waals surface area contributed by atoms with E-state index in [-0.39, 0.29) is 37.7 Å². The highest BCUT2D eigenvalue weighted by Crippen LogP contribution is 2.37. The Morgan fingerprint density at radius 3 is 2.51 bits per heavy atom. The molecule has 39 heavy (non-hydrogen) atoms. The molecule has 214 valence electrons. The highest BCUT2D eigenvalue weighted by Gasteiger charge is 2.37. The van der Waals surface area contributed by atoms with Crippen molar-refractivity contribution in [3.8, 4) is 0 Å². The minimum atomic E-state index is -4.37. The summed E-state index contributed by atoms with van der Waals surface area (Å²) in [5.41, 5.74) is -0.135. The maximum atomic E-state index is 15.0. The third-order valence-corrected chi connectivity index (χ3v) is 7.16. The lowest BCUT2D eigenvalue weighted by Gasteiger charge is -2.34. The van der Waals surface area contributed by atoms with Crippen molar-refractivity contribution < 1.29 is 37.0 Å². The van der Waals surface area contributed by atoms with Crippen LogP contribution in [-0.2, 0) is 16.1 Å². The van der Waals surface area contributed by atoms with Gasteiger partial charge in [0, 0.05) is 22.9 Å². The number of ether oxygens (including phenoxy) is 1. The van der Waals surface area contributed by atoms with Crippen molar-refractivity contribution in [2.45, 2.75) is 62.9 Å². The van der Waals surface area contributed by atoms with Crippen LogP contribution in [0.25, 0.3) is 0 Å². The number of hydroxylamine groups is 2. The first kappa shape index (κ1) is 31.2. The number of hydrogen-bond acceptors (Lipinski definition) is 5. The lowest BCUT2D eigenvalue weighted by Crippen LogP contribution is -3.13. The fourth-order valence-electron chi connectivity index (χ4n) is 3.74. The zero-order valence-electron chi connectivity index (χ0n) is 21.7. The van der Waals surface area contributed by atoms with Gasteiger partial charge in [-0.25, -0.2) is 4.39 Å². The van der Waals surface area contributed by atoms with E-state index in [4.69, 9.17) is 16.3 Å². The van der Waals surface area contributed by atoms with Crippen LogP contribution < -0.4 is 15.3 Å². The molecule has 0 spiro atoms. The van der Waals surface area contributed by atoms with Crippen LogP contribution in [0, 0.1) is 11.0 Å². The molecule has 0 fully saturated rings. The molecule has 2 amide bonds. The molecule has 2 aromatic rings. The first-order chi connectivity index (χ1) is 18.1. The van der Waals surface area contributed by atoms with Gasteiger partial charge < -0.3 is 25.2 Å². The minimum Gasteiger partial charge on any atom is -0.632 e. The van der Waals surface area contributed by atoms with E-state index >= 15 is 4.39 Å².